The minimum absolute atomic E-state index is 0.00923. The molecule has 0 aliphatic rings. The summed E-state index contributed by atoms with van der Waals surface area (Å²) in [6, 6.07) is 5.67. The molecule has 0 saturated carbocycles. The maximum atomic E-state index is 11.6. The van der Waals surface area contributed by atoms with Crippen LogP contribution in [0.15, 0.2) is 34.2 Å². The second-order valence-electron chi connectivity index (χ2n) is 3.73. The number of benzene rings is 1. The maximum absolute atomic E-state index is 11.6. The Hall–Kier alpha value is -2.10. The highest BCUT2D eigenvalue weighted by molar-refractivity contribution is 5.82. The molecule has 0 amide bonds. The molecule has 4 nitrogen and oxygen atoms in total. The number of H-pyrrole nitrogens is 1. The fourth-order valence-electron chi connectivity index (χ4n) is 1.69. The van der Waals surface area contributed by atoms with Crippen molar-refractivity contribution >= 4 is 23.2 Å². The second-order valence-corrected chi connectivity index (χ2v) is 3.73. The van der Waals surface area contributed by atoms with Gasteiger partial charge in [-0.1, -0.05) is 6.07 Å². The number of nitrogens with zero attached hydrogens (tertiary/aromatic N) is 2. The Morgan fingerprint density at radius 2 is 2.31 bits per heavy atom. The van der Waals surface area contributed by atoms with E-state index in [1.165, 1.54) is 4.68 Å². The summed E-state index contributed by atoms with van der Waals surface area (Å²) in [5.41, 5.74) is 2.87. The Kier molecular flexibility index (Phi) is 2.48. The number of aromatic nitrogens is 2. The lowest BCUT2D eigenvalue weighted by molar-refractivity contribution is 0.751. The van der Waals surface area contributed by atoms with E-state index < -0.39 is 0 Å². The van der Waals surface area contributed by atoms with Crippen molar-refractivity contribution in [3.63, 3.8) is 0 Å². The third-order valence-electron chi connectivity index (χ3n) is 2.58. The van der Waals surface area contributed by atoms with Crippen molar-refractivity contribution in [2.24, 2.45) is 12.0 Å². The number of allylic oxidation sites excluding steroid dienone is 1. The molecule has 0 fully saturated rings. The Labute approximate surface area is 92.9 Å². The van der Waals surface area contributed by atoms with Crippen molar-refractivity contribution in [3.05, 3.63) is 40.3 Å². The zero-order valence-electron chi connectivity index (χ0n) is 9.32. The summed E-state index contributed by atoms with van der Waals surface area (Å²) in [4.78, 5) is 15.3. The van der Waals surface area contributed by atoms with Gasteiger partial charge in [-0.15, -0.1) is 0 Å². The van der Waals surface area contributed by atoms with Gasteiger partial charge in [0.2, 0.25) is 0 Å². The van der Waals surface area contributed by atoms with Crippen LogP contribution in [-0.4, -0.2) is 16.5 Å². The number of hydrogen-bond donors (Lipinski definition) is 1. The third kappa shape index (κ3) is 1.58. The van der Waals surface area contributed by atoms with Crippen molar-refractivity contribution in [1.82, 2.24) is 9.78 Å². The molecule has 4 heteroatoms. The summed E-state index contributed by atoms with van der Waals surface area (Å²) >= 11 is 0. The Morgan fingerprint density at radius 3 is 3.00 bits per heavy atom. The lowest BCUT2D eigenvalue weighted by Crippen LogP contribution is -2.10. The van der Waals surface area contributed by atoms with E-state index in [1.807, 2.05) is 25.1 Å². The fraction of sp³-hybridized carbons (Fsp3) is 0.167. The van der Waals surface area contributed by atoms with Gasteiger partial charge >= 0.3 is 0 Å². The molecule has 0 radical (unpaired) electrons. The zero-order valence-corrected chi connectivity index (χ0v) is 9.32. The van der Waals surface area contributed by atoms with Crippen LogP contribution in [0.25, 0.3) is 16.5 Å². The van der Waals surface area contributed by atoms with Gasteiger partial charge in [-0.25, -0.2) is 0 Å². The predicted molar refractivity (Wildman–Crippen MR) is 66.7 cm³/mol. The summed E-state index contributed by atoms with van der Waals surface area (Å²) in [7, 11) is 1.70. The first-order chi connectivity index (χ1) is 7.63. The third-order valence-corrected chi connectivity index (χ3v) is 2.58. The monoisotopic (exact) mass is 215 g/mol. The molecule has 0 aliphatic heterocycles. The van der Waals surface area contributed by atoms with Crippen LogP contribution in [0.3, 0.4) is 0 Å². The fourth-order valence-corrected chi connectivity index (χ4v) is 1.69. The number of aryl methyl sites for hydroxylation is 1. The summed E-state index contributed by atoms with van der Waals surface area (Å²) in [6.07, 6.45) is 1.70. The smallest absolute Gasteiger partial charge is 0.274 e. The van der Waals surface area contributed by atoms with Crippen molar-refractivity contribution in [1.29, 1.82) is 0 Å². The minimum atomic E-state index is -0.00923. The molecule has 0 spiro atoms. The number of fused-ring (bicyclic) bond motifs is 1. The molecule has 1 aromatic heterocycles. The SMILES string of the molecule is C=N/C=C(\C)c1ccc2c(=O)n(C)[nH]c2c1. The largest absolute Gasteiger partial charge is 0.295 e. The van der Waals surface area contributed by atoms with Gasteiger partial charge in [-0.05, 0) is 36.9 Å². The van der Waals surface area contributed by atoms with Crippen LogP contribution in [0.2, 0.25) is 0 Å². The first kappa shape index (κ1) is 10.4. The molecule has 82 valence electrons. The highest BCUT2D eigenvalue weighted by Crippen LogP contribution is 2.17. The van der Waals surface area contributed by atoms with E-state index >= 15 is 0 Å². The van der Waals surface area contributed by atoms with Crippen LogP contribution in [0.4, 0.5) is 0 Å². The quantitative estimate of drug-likeness (QED) is 0.764. The lowest BCUT2D eigenvalue weighted by atomic mass is 10.1. The van der Waals surface area contributed by atoms with Gasteiger partial charge in [0.15, 0.2) is 0 Å². The predicted octanol–water partition coefficient (Wildman–Crippen LogP) is 1.93. The highest BCUT2D eigenvalue weighted by Gasteiger charge is 2.04. The van der Waals surface area contributed by atoms with Gasteiger partial charge in [0, 0.05) is 13.2 Å². The molecule has 1 aromatic carbocycles. The average Bonchev–Trinajstić information content (AvgIpc) is 2.55. The van der Waals surface area contributed by atoms with Crippen LogP contribution >= 0.6 is 0 Å². The molecule has 16 heavy (non-hydrogen) atoms. The van der Waals surface area contributed by atoms with Crippen molar-refractivity contribution in [3.8, 4) is 0 Å². The first-order valence-corrected chi connectivity index (χ1v) is 4.95. The van der Waals surface area contributed by atoms with E-state index in [-0.39, 0.29) is 5.56 Å². The molecule has 0 bridgehead atoms. The van der Waals surface area contributed by atoms with Crippen molar-refractivity contribution < 1.29 is 0 Å². The summed E-state index contributed by atoms with van der Waals surface area (Å²) in [5, 5.41) is 3.69. The molecular formula is C12H13N3O. The number of hydrogen-bond acceptors (Lipinski definition) is 2. The standard InChI is InChI=1S/C12H13N3O/c1-8(7-13-2)9-4-5-10-11(6-9)14-15(3)12(10)16/h4-7,14H,2H2,1,3H3/b8-7+. The molecular weight excluding hydrogens is 202 g/mol. The van der Waals surface area contributed by atoms with Gasteiger partial charge in [0.05, 0.1) is 10.9 Å². The van der Waals surface area contributed by atoms with Crippen LogP contribution in [0.1, 0.15) is 12.5 Å². The molecule has 1 N–H and O–H groups in total. The number of nitrogens with one attached hydrogen (secondary N) is 1. The molecule has 2 rings (SSSR count). The van der Waals surface area contributed by atoms with E-state index in [0.717, 1.165) is 16.7 Å². The molecule has 2 aromatic rings. The highest BCUT2D eigenvalue weighted by atomic mass is 16.1. The van der Waals surface area contributed by atoms with Gasteiger partial charge in [-0.2, -0.15) is 0 Å². The number of aliphatic imine (C=N–C) groups is 1. The summed E-state index contributed by atoms with van der Waals surface area (Å²) in [6.45, 7) is 5.37. The molecule has 1 heterocycles. The van der Waals surface area contributed by atoms with Crippen LogP contribution in [0, 0.1) is 0 Å². The first-order valence-electron chi connectivity index (χ1n) is 4.95. The number of aromatic amines is 1. The Bertz CT molecular complexity index is 631. The Balaban J connectivity index is 2.65. The number of rotatable bonds is 2. The van der Waals surface area contributed by atoms with E-state index in [1.54, 1.807) is 13.2 Å². The topological polar surface area (TPSA) is 50.1 Å². The van der Waals surface area contributed by atoms with Gasteiger partial charge in [0.25, 0.3) is 5.56 Å². The summed E-state index contributed by atoms with van der Waals surface area (Å²) in [5.74, 6) is 0. The van der Waals surface area contributed by atoms with E-state index in [9.17, 15) is 4.79 Å². The van der Waals surface area contributed by atoms with E-state index in [2.05, 4.69) is 16.8 Å². The van der Waals surface area contributed by atoms with Crippen LogP contribution < -0.4 is 5.56 Å². The summed E-state index contributed by atoms with van der Waals surface area (Å²) < 4.78 is 1.47. The van der Waals surface area contributed by atoms with Gasteiger partial charge in [0.1, 0.15) is 0 Å². The van der Waals surface area contributed by atoms with Gasteiger partial charge in [-0.3, -0.25) is 19.6 Å². The second kappa shape index (κ2) is 3.81. The molecule has 0 atom stereocenters. The normalized spacial score (nSPS) is 12.0. The average molecular weight is 215 g/mol. The molecule has 0 aliphatic carbocycles. The molecule has 0 saturated heterocycles. The van der Waals surface area contributed by atoms with Crippen LogP contribution in [-0.2, 0) is 7.05 Å². The van der Waals surface area contributed by atoms with E-state index in [0.29, 0.717) is 5.39 Å². The zero-order chi connectivity index (χ0) is 11.7. The maximum Gasteiger partial charge on any atom is 0.274 e. The minimum Gasteiger partial charge on any atom is -0.295 e. The Morgan fingerprint density at radius 1 is 1.56 bits per heavy atom. The van der Waals surface area contributed by atoms with Crippen molar-refractivity contribution in [2.45, 2.75) is 6.92 Å². The molecule has 0 unspecified atom stereocenters. The van der Waals surface area contributed by atoms with Crippen LogP contribution in [0.5, 0.6) is 0 Å². The van der Waals surface area contributed by atoms with E-state index in [4.69, 9.17) is 0 Å². The van der Waals surface area contributed by atoms with Gasteiger partial charge < -0.3 is 0 Å². The lowest BCUT2D eigenvalue weighted by Gasteiger charge is -1.99. The van der Waals surface area contributed by atoms with Crippen molar-refractivity contribution in [2.75, 3.05) is 0 Å².